The number of carbonyl (C=O) groups is 1. The van der Waals surface area contributed by atoms with E-state index in [4.69, 9.17) is 5.73 Å². The zero-order valence-electron chi connectivity index (χ0n) is 10.5. The Kier molecular flexibility index (Phi) is 2.94. The molecule has 4 heteroatoms. The van der Waals surface area contributed by atoms with Gasteiger partial charge in [-0.15, -0.1) is 0 Å². The number of carbonyl (C=O) groups excluding carboxylic acids is 1. The highest BCUT2D eigenvalue weighted by atomic mass is 16.2. The average Bonchev–Trinajstić information content (AvgIpc) is 3.22. The van der Waals surface area contributed by atoms with Crippen LogP contribution in [0.3, 0.4) is 0 Å². The second-order valence-electron chi connectivity index (χ2n) is 5.57. The topological polar surface area (TPSA) is 59.2 Å². The zero-order valence-corrected chi connectivity index (χ0v) is 10.5. The molecule has 0 bridgehead atoms. The van der Waals surface area contributed by atoms with E-state index < -0.39 is 0 Å². The number of hydrogen-bond donors (Lipinski definition) is 1. The summed E-state index contributed by atoms with van der Waals surface area (Å²) < 4.78 is 0. The molecule has 0 atom stereocenters. The molecule has 4 nitrogen and oxygen atoms in total. The van der Waals surface area contributed by atoms with Crippen molar-refractivity contribution in [2.75, 3.05) is 18.8 Å². The van der Waals surface area contributed by atoms with Crippen molar-refractivity contribution in [1.29, 1.82) is 0 Å². The first-order chi connectivity index (χ1) is 8.72. The Morgan fingerprint density at radius 1 is 1.28 bits per heavy atom. The second kappa shape index (κ2) is 4.59. The standard InChI is InChI=1S/C14H19N3O/c15-13-7-12(5-6-16-13)14(18)17(8-10-1-2-10)9-11-3-4-11/h5-7,10-11H,1-4,8-9H2,(H2,15,16). The van der Waals surface area contributed by atoms with Gasteiger partial charge in [-0.25, -0.2) is 4.98 Å². The number of rotatable bonds is 5. The molecule has 0 aromatic carbocycles. The molecule has 1 amide bonds. The van der Waals surface area contributed by atoms with Crippen LogP contribution in [-0.4, -0.2) is 28.9 Å². The van der Waals surface area contributed by atoms with Crippen molar-refractivity contribution in [2.24, 2.45) is 11.8 Å². The summed E-state index contributed by atoms with van der Waals surface area (Å²) in [5.74, 6) is 1.99. The Morgan fingerprint density at radius 3 is 2.39 bits per heavy atom. The fraction of sp³-hybridized carbons (Fsp3) is 0.571. The van der Waals surface area contributed by atoms with Gasteiger partial charge in [-0.05, 0) is 49.7 Å². The number of hydrogen-bond acceptors (Lipinski definition) is 3. The molecule has 0 spiro atoms. The highest BCUT2D eigenvalue weighted by Gasteiger charge is 2.31. The zero-order chi connectivity index (χ0) is 12.5. The predicted octanol–water partition coefficient (Wildman–Crippen LogP) is 1.93. The van der Waals surface area contributed by atoms with E-state index in [9.17, 15) is 4.79 Å². The van der Waals surface area contributed by atoms with Crippen LogP contribution in [0, 0.1) is 11.8 Å². The lowest BCUT2D eigenvalue weighted by Crippen LogP contribution is -2.34. The Labute approximate surface area is 107 Å². The first kappa shape index (κ1) is 11.5. The molecule has 3 rings (SSSR count). The molecule has 2 saturated carbocycles. The van der Waals surface area contributed by atoms with Gasteiger partial charge in [0, 0.05) is 24.8 Å². The summed E-state index contributed by atoms with van der Waals surface area (Å²) >= 11 is 0. The molecule has 0 saturated heterocycles. The third-order valence-electron chi connectivity index (χ3n) is 3.67. The molecule has 2 aliphatic rings. The molecular formula is C14H19N3O. The van der Waals surface area contributed by atoms with Crippen molar-refractivity contribution < 1.29 is 4.79 Å². The van der Waals surface area contributed by atoms with E-state index in [1.54, 1.807) is 18.3 Å². The van der Waals surface area contributed by atoms with Crippen molar-refractivity contribution in [3.63, 3.8) is 0 Å². The summed E-state index contributed by atoms with van der Waals surface area (Å²) in [4.78, 5) is 18.4. The van der Waals surface area contributed by atoms with Crippen LogP contribution in [-0.2, 0) is 0 Å². The molecule has 1 aromatic heterocycles. The number of nitrogen functional groups attached to an aromatic ring is 1. The number of nitrogens with zero attached hydrogens (tertiary/aromatic N) is 2. The first-order valence-corrected chi connectivity index (χ1v) is 6.73. The van der Waals surface area contributed by atoms with Crippen LogP contribution in [0.15, 0.2) is 18.3 Å². The lowest BCUT2D eigenvalue weighted by molar-refractivity contribution is 0.0739. The number of anilines is 1. The molecule has 0 radical (unpaired) electrons. The normalized spacial score (nSPS) is 18.7. The van der Waals surface area contributed by atoms with Crippen LogP contribution in [0.25, 0.3) is 0 Å². The molecule has 2 aliphatic carbocycles. The Balaban J connectivity index is 1.72. The number of amides is 1. The second-order valence-corrected chi connectivity index (χ2v) is 5.57. The molecule has 18 heavy (non-hydrogen) atoms. The van der Waals surface area contributed by atoms with Crippen LogP contribution in [0.1, 0.15) is 36.0 Å². The fourth-order valence-corrected chi connectivity index (χ4v) is 2.23. The highest BCUT2D eigenvalue weighted by Crippen LogP contribution is 2.34. The Morgan fingerprint density at radius 2 is 1.89 bits per heavy atom. The van der Waals surface area contributed by atoms with E-state index in [1.165, 1.54) is 25.7 Å². The summed E-state index contributed by atoms with van der Waals surface area (Å²) in [7, 11) is 0. The van der Waals surface area contributed by atoms with Gasteiger partial charge in [-0.1, -0.05) is 0 Å². The van der Waals surface area contributed by atoms with Gasteiger partial charge >= 0.3 is 0 Å². The number of aromatic nitrogens is 1. The molecule has 2 N–H and O–H groups in total. The molecule has 1 heterocycles. The van der Waals surface area contributed by atoms with Crippen LogP contribution < -0.4 is 5.73 Å². The summed E-state index contributed by atoms with van der Waals surface area (Å²) in [5, 5.41) is 0. The van der Waals surface area contributed by atoms with E-state index in [2.05, 4.69) is 4.98 Å². The maximum atomic E-state index is 12.5. The average molecular weight is 245 g/mol. The highest BCUT2D eigenvalue weighted by molar-refractivity contribution is 5.94. The third kappa shape index (κ3) is 2.81. The van der Waals surface area contributed by atoms with Crippen LogP contribution >= 0.6 is 0 Å². The van der Waals surface area contributed by atoms with E-state index in [1.807, 2.05) is 4.90 Å². The minimum atomic E-state index is 0.114. The monoisotopic (exact) mass is 245 g/mol. The molecule has 96 valence electrons. The van der Waals surface area contributed by atoms with E-state index in [-0.39, 0.29) is 5.91 Å². The van der Waals surface area contributed by atoms with Crippen LogP contribution in [0.4, 0.5) is 5.82 Å². The number of nitrogens with two attached hydrogens (primary N) is 1. The maximum absolute atomic E-state index is 12.5. The van der Waals surface area contributed by atoms with Gasteiger partial charge in [-0.3, -0.25) is 4.79 Å². The molecular weight excluding hydrogens is 226 g/mol. The van der Waals surface area contributed by atoms with Crippen molar-refractivity contribution in [3.05, 3.63) is 23.9 Å². The maximum Gasteiger partial charge on any atom is 0.254 e. The predicted molar refractivity (Wildman–Crippen MR) is 70.0 cm³/mol. The Bertz CT molecular complexity index is 438. The largest absolute Gasteiger partial charge is 0.384 e. The van der Waals surface area contributed by atoms with E-state index in [0.29, 0.717) is 11.4 Å². The minimum Gasteiger partial charge on any atom is -0.384 e. The minimum absolute atomic E-state index is 0.114. The smallest absolute Gasteiger partial charge is 0.254 e. The molecule has 0 aliphatic heterocycles. The molecule has 2 fully saturated rings. The summed E-state index contributed by atoms with van der Waals surface area (Å²) in [5.41, 5.74) is 6.31. The van der Waals surface area contributed by atoms with E-state index >= 15 is 0 Å². The summed E-state index contributed by atoms with van der Waals surface area (Å²) in [6, 6.07) is 3.43. The van der Waals surface area contributed by atoms with Gasteiger partial charge in [0.1, 0.15) is 5.82 Å². The van der Waals surface area contributed by atoms with Gasteiger partial charge in [0.2, 0.25) is 0 Å². The van der Waals surface area contributed by atoms with E-state index in [0.717, 1.165) is 24.9 Å². The van der Waals surface area contributed by atoms with Gasteiger partial charge in [0.25, 0.3) is 5.91 Å². The van der Waals surface area contributed by atoms with Gasteiger partial charge < -0.3 is 10.6 Å². The van der Waals surface area contributed by atoms with Crippen molar-refractivity contribution in [1.82, 2.24) is 9.88 Å². The summed E-state index contributed by atoms with van der Waals surface area (Å²) in [6.45, 7) is 1.83. The van der Waals surface area contributed by atoms with Gasteiger partial charge in [-0.2, -0.15) is 0 Å². The summed E-state index contributed by atoms with van der Waals surface area (Å²) in [6.07, 6.45) is 6.69. The van der Waals surface area contributed by atoms with Crippen molar-refractivity contribution in [2.45, 2.75) is 25.7 Å². The molecule has 0 unspecified atom stereocenters. The van der Waals surface area contributed by atoms with Crippen LogP contribution in [0.2, 0.25) is 0 Å². The lowest BCUT2D eigenvalue weighted by Gasteiger charge is -2.22. The quantitative estimate of drug-likeness (QED) is 0.862. The van der Waals surface area contributed by atoms with Crippen molar-refractivity contribution in [3.8, 4) is 0 Å². The first-order valence-electron chi connectivity index (χ1n) is 6.73. The third-order valence-corrected chi connectivity index (χ3v) is 3.67. The molecule has 1 aromatic rings. The van der Waals surface area contributed by atoms with Crippen molar-refractivity contribution >= 4 is 11.7 Å². The Hall–Kier alpha value is -1.58. The number of pyridine rings is 1. The SMILES string of the molecule is Nc1cc(C(=O)N(CC2CC2)CC2CC2)ccn1. The van der Waals surface area contributed by atoms with Gasteiger partial charge in [0.05, 0.1) is 0 Å². The lowest BCUT2D eigenvalue weighted by atomic mass is 10.2. The fourth-order valence-electron chi connectivity index (χ4n) is 2.23. The van der Waals surface area contributed by atoms with Gasteiger partial charge in [0.15, 0.2) is 0 Å². The van der Waals surface area contributed by atoms with Crippen LogP contribution in [0.5, 0.6) is 0 Å².